The van der Waals surface area contributed by atoms with Gasteiger partial charge in [0.2, 0.25) is 5.91 Å². The van der Waals surface area contributed by atoms with Gasteiger partial charge in [0.1, 0.15) is 0 Å². The number of hydrogen-bond acceptors (Lipinski definition) is 4. The number of benzene rings is 1. The Bertz CT molecular complexity index is 747. The van der Waals surface area contributed by atoms with Gasteiger partial charge in [0.15, 0.2) is 0 Å². The van der Waals surface area contributed by atoms with Crippen molar-refractivity contribution in [3.8, 4) is 0 Å². The van der Waals surface area contributed by atoms with Crippen LogP contribution in [0.25, 0.3) is 0 Å². The van der Waals surface area contributed by atoms with Crippen molar-refractivity contribution in [2.45, 2.75) is 83.3 Å². The van der Waals surface area contributed by atoms with Crippen LogP contribution in [0.3, 0.4) is 0 Å². The lowest BCUT2D eigenvalue weighted by Gasteiger charge is -2.39. The second-order valence-electron chi connectivity index (χ2n) is 9.42. The van der Waals surface area contributed by atoms with Crippen LogP contribution in [0, 0.1) is 0 Å². The van der Waals surface area contributed by atoms with Crippen molar-refractivity contribution in [1.82, 2.24) is 20.4 Å². The minimum absolute atomic E-state index is 0.0205. The minimum atomic E-state index is -4.37. The summed E-state index contributed by atoms with van der Waals surface area (Å²) in [5, 5.41) is 6.35. The maximum absolute atomic E-state index is 13.3. The van der Waals surface area contributed by atoms with E-state index in [1.54, 1.807) is 6.07 Å². The van der Waals surface area contributed by atoms with E-state index in [1.807, 2.05) is 13.8 Å². The zero-order valence-electron chi connectivity index (χ0n) is 19.4. The molecule has 0 spiro atoms. The molecule has 2 atom stereocenters. The molecule has 2 N–H and O–H groups in total. The Morgan fingerprint density at radius 3 is 2.50 bits per heavy atom. The van der Waals surface area contributed by atoms with E-state index >= 15 is 0 Å². The number of carbonyl (C=O) groups is 1. The van der Waals surface area contributed by atoms with Gasteiger partial charge in [-0.15, -0.1) is 0 Å². The number of amides is 1. The standard InChI is InChI=1S/C24H37F3N4O/c1-4-11-30-12-9-20(10-13-30)31-16-19(14-22(31)23(32)29-17(2)3)28-15-18-7-5-6-8-21(18)24(25,26)27/h5-8,17,19-20,22,28H,4,9-16H2,1-3H3,(H,29,32)/t19-,22-/m0/s1. The highest BCUT2D eigenvalue weighted by Gasteiger charge is 2.41. The molecule has 0 radical (unpaired) electrons. The predicted molar refractivity (Wildman–Crippen MR) is 120 cm³/mol. The molecule has 2 saturated heterocycles. The Hall–Kier alpha value is -1.64. The van der Waals surface area contributed by atoms with Crippen LogP contribution >= 0.6 is 0 Å². The van der Waals surface area contributed by atoms with Crippen LogP contribution in [0.1, 0.15) is 57.6 Å². The first-order chi connectivity index (χ1) is 15.2. The molecule has 5 nitrogen and oxygen atoms in total. The molecule has 0 saturated carbocycles. The molecule has 180 valence electrons. The number of rotatable bonds is 8. The molecule has 0 aliphatic carbocycles. The third-order valence-corrected chi connectivity index (χ3v) is 6.54. The van der Waals surface area contributed by atoms with Gasteiger partial charge in [0, 0.05) is 31.2 Å². The summed E-state index contributed by atoms with van der Waals surface area (Å²) in [5.41, 5.74) is -0.353. The SMILES string of the molecule is CCCN1CCC(N2C[C@@H](NCc3ccccc3C(F)(F)F)C[C@H]2C(=O)NC(C)C)CC1. The fraction of sp³-hybridized carbons (Fsp3) is 0.708. The molecule has 2 fully saturated rings. The third kappa shape index (κ3) is 6.45. The van der Waals surface area contributed by atoms with Gasteiger partial charge in [-0.1, -0.05) is 25.1 Å². The number of nitrogens with zero attached hydrogens (tertiary/aromatic N) is 2. The number of carbonyl (C=O) groups excluding carboxylic acids is 1. The fourth-order valence-electron chi connectivity index (χ4n) is 5.05. The van der Waals surface area contributed by atoms with Crippen molar-refractivity contribution in [2.24, 2.45) is 0 Å². The molecule has 32 heavy (non-hydrogen) atoms. The lowest BCUT2D eigenvalue weighted by atomic mass is 10.0. The van der Waals surface area contributed by atoms with E-state index in [2.05, 4.69) is 27.4 Å². The van der Waals surface area contributed by atoms with Gasteiger partial charge in [0.05, 0.1) is 11.6 Å². The number of alkyl halides is 3. The molecule has 1 aromatic rings. The van der Waals surface area contributed by atoms with E-state index in [-0.39, 0.29) is 36.1 Å². The van der Waals surface area contributed by atoms with Gasteiger partial charge in [-0.3, -0.25) is 9.69 Å². The molecule has 0 unspecified atom stereocenters. The highest BCUT2D eigenvalue weighted by Crippen LogP contribution is 2.32. The molecule has 2 heterocycles. The minimum Gasteiger partial charge on any atom is -0.353 e. The van der Waals surface area contributed by atoms with Gasteiger partial charge in [-0.05, 0) is 70.8 Å². The first kappa shape index (κ1) is 25.0. The van der Waals surface area contributed by atoms with E-state index < -0.39 is 11.7 Å². The number of piperidine rings is 1. The first-order valence-corrected chi connectivity index (χ1v) is 11.9. The molecule has 0 bridgehead atoms. The summed E-state index contributed by atoms with van der Waals surface area (Å²) < 4.78 is 40.0. The summed E-state index contributed by atoms with van der Waals surface area (Å²) in [6, 6.07) is 5.83. The van der Waals surface area contributed by atoms with Crippen molar-refractivity contribution in [3.63, 3.8) is 0 Å². The smallest absolute Gasteiger partial charge is 0.353 e. The first-order valence-electron chi connectivity index (χ1n) is 11.9. The van der Waals surface area contributed by atoms with E-state index in [0.29, 0.717) is 19.0 Å². The highest BCUT2D eigenvalue weighted by atomic mass is 19.4. The molecule has 1 aromatic carbocycles. The number of halogens is 3. The van der Waals surface area contributed by atoms with Gasteiger partial charge in [0.25, 0.3) is 0 Å². The molecular weight excluding hydrogens is 417 g/mol. The van der Waals surface area contributed by atoms with E-state index in [4.69, 9.17) is 0 Å². The average molecular weight is 455 g/mol. The van der Waals surface area contributed by atoms with E-state index in [1.165, 1.54) is 12.1 Å². The summed E-state index contributed by atoms with van der Waals surface area (Å²) in [5.74, 6) is 0.0241. The Morgan fingerprint density at radius 2 is 1.88 bits per heavy atom. The number of nitrogens with one attached hydrogen (secondary N) is 2. The van der Waals surface area contributed by atoms with E-state index in [0.717, 1.165) is 45.0 Å². The molecule has 2 aliphatic rings. The van der Waals surface area contributed by atoms with E-state index in [9.17, 15) is 18.0 Å². The normalized spacial score (nSPS) is 23.7. The van der Waals surface area contributed by atoms with Crippen molar-refractivity contribution in [3.05, 3.63) is 35.4 Å². The fourth-order valence-corrected chi connectivity index (χ4v) is 5.05. The predicted octanol–water partition coefficient (Wildman–Crippen LogP) is 3.64. The Labute approximate surface area is 189 Å². The topological polar surface area (TPSA) is 47.6 Å². The van der Waals surface area contributed by atoms with Crippen LogP contribution in [0.5, 0.6) is 0 Å². The van der Waals surface area contributed by atoms with Crippen LogP contribution in [0.4, 0.5) is 13.2 Å². The lowest BCUT2D eigenvalue weighted by molar-refractivity contribution is -0.138. The maximum Gasteiger partial charge on any atom is 0.416 e. The van der Waals surface area contributed by atoms with Crippen LogP contribution < -0.4 is 10.6 Å². The molecular formula is C24H37F3N4O. The summed E-state index contributed by atoms with van der Waals surface area (Å²) in [4.78, 5) is 17.7. The van der Waals surface area contributed by atoms with Crippen molar-refractivity contribution in [1.29, 1.82) is 0 Å². The second kappa shape index (κ2) is 11.0. The third-order valence-electron chi connectivity index (χ3n) is 6.54. The second-order valence-corrected chi connectivity index (χ2v) is 9.42. The van der Waals surface area contributed by atoms with Crippen molar-refractivity contribution < 1.29 is 18.0 Å². The summed E-state index contributed by atoms with van der Waals surface area (Å²) in [7, 11) is 0. The largest absolute Gasteiger partial charge is 0.416 e. The Morgan fingerprint density at radius 1 is 1.19 bits per heavy atom. The van der Waals surface area contributed by atoms with Gasteiger partial charge >= 0.3 is 6.18 Å². The zero-order valence-corrected chi connectivity index (χ0v) is 19.4. The summed E-state index contributed by atoms with van der Waals surface area (Å²) in [6.45, 7) is 10.1. The Balaban J connectivity index is 1.67. The van der Waals surface area contributed by atoms with Gasteiger partial charge < -0.3 is 15.5 Å². The van der Waals surface area contributed by atoms with Crippen molar-refractivity contribution in [2.75, 3.05) is 26.2 Å². The maximum atomic E-state index is 13.3. The van der Waals surface area contributed by atoms with Crippen LogP contribution in [-0.4, -0.2) is 66.1 Å². The molecule has 0 aromatic heterocycles. The molecule has 8 heteroatoms. The average Bonchev–Trinajstić information content (AvgIpc) is 3.17. The lowest BCUT2D eigenvalue weighted by Crippen LogP contribution is -2.52. The van der Waals surface area contributed by atoms with Crippen LogP contribution in [-0.2, 0) is 17.5 Å². The molecule has 3 rings (SSSR count). The van der Waals surface area contributed by atoms with Gasteiger partial charge in [-0.25, -0.2) is 0 Å². The van der Waals surface area contributed by atoms with Gasteiger partial charge in [-0.2, -0.15) is 13.2 Å². The number of hydrogen-bond donors (Lipinski definition) is 2. The summed E-state index contributed by atoms with van der Waals surface area (Å²) >= 11 is 0. The monoisotopic (exact) mass is 454 g/mol. The molecule has 2 aliphatic heterocycles. The zero-order chi connectivity index (χ0) is 23.3. The van der Waals surface area contributed by atoms with Crippen LogP contribution in [0.15, 0.2) is 24.3 Å². The Kier molecular flexibility index (Phi) is 8.58. The summed E-state index contributed by atoms with van der Waals surface area (Å²) in [6.07, 6.45) is -0.572. The highest BCUT2D eigenvalue weighted by molar-refractivity contribution is 5.82. The van der Waals surface area contributed by atoms with Crippen molar-refractivity contribution >= 4 is 5.91 Å². The van der Waals surface area contributed by atoms with Crippen LogP contribution in [0.2, 0.25) is 0 Å². The quantitative estimate of drug-likeness (QED) is 0.630. The molecule has 1 amide bonds. The number of likely N-dealkylation sites (tertiary alicyclic amines) is 2.